The van der Waals surface area contributed by atoms with E-state index in [0.717, 1.165) is 141 Å². The van der Waals surface area contributed by atoms with Gasteiger partial charge in [-0.1, -0.05) is 0 Å². The van der Waals surface area contributed by atoms with Gasteiger partial charge >= 0.3 is 0 Å². The number of carbonyl (C=O) groups excluding carboxylic acids is 8. The van der Waals surface area contributed by atoms with E-state index in [1.807, 2.05) is 119 Å². The number of aryl methyl sites for hydroxylation is 4. The summed E-state index contributed by atoms with van der Waals surface area (Å²) < 4.78 is 7.22. The Hall–Kier alpha value is -16.0. The van der Waals surface area contributed by atoms with Crippen LogP contribution in [-0.4, -0.2) is 198 Å². The van der Waals surface area contributed by atoms with Crippen molar-refractivity contribution in [3.05, 3.63) is 149 Å². The van der Waals surface area contributed by atoms with Crippen LogP contribution in [0.3, 0.4) is 0 Å². The second-order valence-corrected chi connectivity index (χ2v) is 33.0. The number of pyridine rings is 5. The molecule has 12 aromatic heterocycles. The van der Waals surface area contributed by atoms with Crippen LogP contribution in [0.2, 0.25) is 0 Å². The Bertz CT molecular complexity index is 6150. The van der Waals surface area contributed by atoms with Crippen LogP contribution in [-0.2, 0) is 60.5 Å². The largest absolute Gasteiger partial charge is 0.367 e. The Morgan fingerprint density at radius 2 is 0.631 bits per heavy atom. The molecule has 43 nitrogen and oxygen atoms in total. The molecule has 130 heavy (non-hydrogen) atoms. The van der Waals surface area contributed by atoms with Crippen molar-refractivity contribution in [2.24, 2.45) is 51.9 Å². The predicted molar refractivity (Wildman–Crippen MR) is 486 cm³/mol. The van der Waals surface area contributed by atoms with E-state index in [2.05, 4.69) is 173 Å². The van der Waals surface area contributed by atoms with E-state index in [1.165, 1.54) is 27.3 Å². The normalized spacial score (nSPS) is 15.5. The Balaban J connectivity index is 0.000000121. The fourth-order valence-corrected chi connectivity index (χ4v) is 16.0. The first-order valence-electron chi connectivity index (χ1n) is 42.4. The van der Waals surface area contributed by atoms with Gasteiger partial charge in [-0.2, -0.15) is 20.4 Å². The second-order valence-electron chi connectivity index (χ2n) is 33.0. The molecule has 4 fully saturated rings. The zero-order chi connectivity index (χ0) is 91.4. The number of nitrogens with one attached hydrogen (secondary N) is 12. The fourth-order valence-electron chi connectivity index (χ4n) is 16.0. The first-order valence-corrected chi connectivity index (χ1v) is 42.4. The molecule has 0 saturated heterocycles. The van der Waals surface area contributed by atoms with Crippen LogP contribution >= 0.6 is 0 Å². The molecule has 8 amide bonds. The van der Waals surface area contributed by atoms with Crippen LogP contribution in [0.4, 0.5) is 92.0 Å². The number of amides is 8. The lowest BCUT2D eigenvalue weighted by molar-refractivity contribution is -0.118. The Morgan fingerprint density at radius 3 is 0.962 bits per heavy atom. The lowest BCUT2D eigenvalue weighted by atomic mass is 9.96. The van der Waals surface area contributed by atoms with Crippen molar-refractivity contribution < 1.29 is 38.4 Å². The van der Waals surface area contributed by atoms with Gasteiger partial charge < -0.3 is 83.4 Å². The summed E-state index contributed by atoms with van der Waals surface area (Å²) in [5, 5.41) is 77.4. The molecule has 0 unspecified atom stereocenters. The summed E-state index contributed by atoms with van der Waals surface area (Å²) in [4.78, 5) is 129. The quantitative estimate of drug-likeness (QED) is 0.0340. The summed E-state index contributed by atoms with van der Waals surface area (Å²) in [6, 6.07) is 14.4. The lowest BCUT2D eigenvalue weighted by Crippen LogP contribution is -2.27. The topological polar surface area (TPSA) is 507 Å². The van der Waals surface area contributed by atoms with Gasteiger partial charge in [-0.05, 0) is 89.5 Å². The van der Waals surface area contributed by atoms with Crippen LogP contribution in [0.15, 0.2) is 104 Å². The standard InChI is InChI=1S/2C22H25N9O2.C22H24N8O2.C21H23N9O2/c2*1-11-14-10-30(3)29-17(14)13-7-8-24-20(19(13)31(11)4)25-15-9-16(26-21(32)12-5-6-12)27-28-18(15)22(33)23-2;1-23-22(32)15-9-25-17(27-21(31)12-4-5-12)8-16(15)26-20-19-14(6-7-24-20)18-13(10-29(19)2)11-30(3)28-18;1-22-21(32)17-14(8-15(26-27-17)25-20(31)11-4-5-11)24-19-18-13(6-7-23-19)16-12(9-29(18)2)10-30(3)28-16/h2*7-12H,5-6H2,1-4H3,(H,23,33)(H2,24,25,26,27,32);6-9,11-12H,4-5,10H2,1-3H3,(H,23,32)(H2,24,25,26,27,31);6-8,10-11H,4-5,9H2,1-3H3,(H,22,32)(H2,23,24,25,26,31)/t2*11-;;/m10../s1. The van der Waals surface area contributed by atoms with Crippen molar-refractivity contribution in [2.75, 3.05) is 119 Å². The monoisotopic (exact) mass is 1760 g/mol. The van der Waals surface area contributed by atoms with Crippen molar-refractivity contribution in [3.63, 3.8) is 0 Å². The molecule has 2 atom stereocenters. The molecule has 0 radical (unpaired) electrons. The van der Waals surface area contributed by atoms with Crippen molar-refractivity contribution in [3.8, 4) is 45.0 Å². The van der Waals surface area contributed by atoms with Crippen LogP contribution in [0.1, 0.15) is 141 Å². The molecule has 20 rings (SSSR count). The average molecular weight is 1760 g/mol. The molecule has 12 N–H and O–H groups in total. The molecule has 4 saturated carbocycles. The van der Waals surface area contributed by atoms with Crippen molar-refractivity contribution >= 4 is 139 Å². The molecule has 16 heterocycles. The number of hydrogen-bond acceptors (Lipinski definition) is 31. The summed E-state index contributed by atoms with van der Waals surface area (Å²) >= 11 is 0. The molecule has 8 aliphatic rings. The summed E-state index contributed by atoms with van der Waals surface area (Å²) in [5.41, 5.74) is 17.8. The minimum absolute atomic E-state index is 0.0207. The lowest BCUT2D eigenvalue weighted by Gasteiger charge is -2.34. The third-order valence-electron chi connectivity index (χ3n) is 23.5. The molecular weight excluding hydrogens is 1660 g/mol. The first kappa shape index (κ1) is 86.1. The van der Waals surface area contributed by atoms with E-state index < -0.39 is 17.7 Å². The Kier molecular flexibility index (Phi) is 23.5. The number of hydrogen-bond donors (Lipinski definition) is 12. The third-order valence-corrected chi connectivity index (χ3v) is 23.5. The van der Waals surface area contributed by atoms with Crippen LogP contribution in [0, 0.1) is 23.7 Å². The summed E-state index contributed by atoms with van der Waals surface area (Å²) in [7, 11) is 21.7. The highest BCUT2D eigenvalue weighted by Crippen LogP contribution is 2.50. The third kappa shape index (κ3) is 17.6. The van der Waals surface area contributed by atoms with Crippen molar-refractivity contribution in [1.82, 2.24) is 116 Å². The smallest absolute Gasteiger partial charge is 0.273 e. The van der Waals surface area contributed by atoms with Crippen molar-refractivity contribution in [1.29, 1.82) is 0 Å². The highest BCUT2D eigenvalue weighted by atomic mass is 16.2. The van der Waals surface area contributed by atoms with E-state index in [1.54, 1.807) is 60.8 Å². The molecule has 43 heteroatoms. The van der Waals surface area contributed by atoms with Crippen molar-refractivity contribution in [2.45, 2.75) is 90.4 Å². The first-order chi connectivity index (χ1) is 62.6. The minimum atomic E-state index is -0.399. The number of fused-ring (bicyclic) bond motifs is 12. The Morgan fingerprint density at radius 1 is 0.338 bits per heavy atom. The van der Waals surface area contributed by atoms with Gasteiger partial charge in [-0.3, -0.25) is 57.1 Å². The zero-order valence-electron chi connectivity index (χ0n) is 73.9. The van der Waals surface area contributed by atoms with Gasteiger partial charge in [0.25, 0.3) is 23.6 Å². The average Bonchev–Trinajstić information content (AvgIpc) is 1.66. The highest BCUT2D eigenvalue weighted by molar-refractivity contribution is 6.06. The van der Waals surface area contributed by atoms with Gasteiger partial charge in [0.05, 0.1) is 85.9 Å². The number of aromatic nitrogens is 19. The number of carbonyl (C=O) groups is 8. The van der Waals surface area contributed by atoms with E-state index in [-0.39, 0.29) is 99.8 Å². The maximum Gasteiger partial charge on any atom is 0.273 e. The second kappa shape index (κ2) is 35.4. The van der Waals surface area contributed by atoms with Gasteiger partial charge in [0.1, 0.15) is 5.82 Å². The Labute approximate surface area is 745 Å². The zero-order valence-corrected chi connectivity index (χ0v) is 73.9. The number of anilines is 16. The van der Waals surface area contributed by atoms with Gasteiger partial charge in [-0.25, -0.2) is 24.9 Å². The molecule has 4 aliphatic heterocycles. The van der Waals surface area contributed by atoms with Crippen LogP contribution in [0.5, 0.6) is 0 Å². The summed E-state index contributed by atoms with van der Waals surface area (Å²) in [6.07, 6.45) is 23.4. The molecule has 12 aromatic rings. The summed E-state index contributed by atoms with van der Waals surface area (Å²) in [6.45, 7) is 5.58. The van der Waals surface area contributed by atoms with E-state index in [9.17, 15) is 38.4 Å². The van der Waals surface area contributed by atoms with Gasteiger partial charge in [-0.15, -0.1) is 30.6 Å². The molecular formula is C87H97N35O8. The van der Waals surface area contributed by atoms with Crippen LogP contribution in [0.25, 0.3) is 45.0 Å². The summed E-state index contributed by atoms with van der Waals surface area (Å²) in [5.74, 6) is 1.80. The maximum atomic E-state index is 12.5. The van der Waals surface area contributed by atoms with E-state index >= 15 is 0 Å². The number of nitrogens with zero attached hydrogens (tertiary/aromatic N) is 23. The van der Waals surface area contributed by atoms with E-state index in [0.29, 0.717) is 70.5 Å². The van der Waals surface area contributed by atoms with Crippen LogP contribution < -0.4 is 83.4 Å². The van der Waals surface area contributed by atoms with Gasteiger partial charge in [0.15, 0.2) is 57.8 Å². The molecule has 668 valence electrons. The number of rotatable bonds is 20. The molecule has 0 spiro atoms. The SMILES string of the molecule is CNC(=O)c1cnc(NC(=O)C2CC2)cc1Nc1nccc2c1N(C)Cc1cn(C)nc1-2.CNC(=O)c1nnc(NC(=O)C2CC2)cc1Nc1nccc2c1N(C)Cc1cn(C)nc1-2.CNC(=O)c1nnc(NC(=O)C2CC2)cc1Nc1nccc2c1N(C)[C@@H](C)c1cn(C)nc1-2.CNC(=O)c1nnc(NC(=O)C2CC2)cc1Nc1nccc2c1N(C)[C@H](C)c1cn(C)nc1-2. The predicted octanol–water partition coefficient (Wildman–Crippen LogP) is 8.42. The fraction of sp³-hybridized carbons (Fsp3) is 0.345. The maximum absolute atomic E-state index is 12.5. The molecule has 0 aromatic carbocycles. The minimum Gasteiger partial charge on any atom is -0.367 e. The van der Waals surface area contributed by atoms with E-state index in [4.69, 9.17) is 0 Å². The van der Waals surface area contributed by atoms with Gasteiger partial charge in [0, 0.05) is 246 Å². The van der Waals surface area contributed by atoms with Gasteiger partial charge in [0.2, 0.25) is 23.6 Å². The molecule has 0 bridgehead atoms. The molecule has 4 aliphatic carbocycles. The highest BCUT2D eigenvalue weighted by Gasteiger charge is 2.39.